The Hall–Kier alpha value is -3.68. The van der Waals surface area contributed by atoms with Crippen molar-refractivity contribution < 1.29 is 19.0 Å². The van der Waals surface area contributed by atoms with Crippen LogP contribution in [0.3, 0.4) is 0 Å². The van der Waals surface area contributed by atoms with Crippen molar-refractivity contribution in [3.63, 3.8) is 0 Å². The summed E-state index contributed by atoms with van der Waals surface area (Å²) in [5.41, 5.74) is 3.35. The number of hydrogen-bond acceptors (Lipinski definition) is 7. The highest BCUT2D eigenvalue weighted by molar-refractivity contribution is 5.94. The van der Waals surface area contributed by atoms with E-state index in [2.05, 4.69) is 20.3 Å². The van der Waals surface area contributed by atoms with E-state index in [0.717, 1.165) is 35.3 Å². The first kappa shape index (κ1) is 20.2. The van der Waals surface area contributed by atoms with Crippen LogP contribution in [0.25, 0.3) is 11.1 Å². The summed E-state index contributed by atoms with van der Waals surface area (Å²) in [6, 6.07) is 9.53. The minimum absolute atomic E-state index is 0.166. The van der Waals surface area contributed by atoms with Gasteiger partial charge in [0.15, 0.2) is 0 Å². The van der Waals surface area contributed by atoms with E-state index in [4.69, 9.17) is 14.2 Å². The van der Waals surface area contributed by atoms with Crippen LogP contribution >= 0.6 is 0 Å². The number of amides is 1. The maximum atomic E-state index is 12.8. The van der Waals surface area contributed by atoms with Gasteiger partial charge in [-0.05, 0) is 37.0 Å². The number of rotatable bonds is 6. The number of aromatic nitrogens is 3. The second kappa shape index (κ2) is 8.82. The topological polar surface area (TPSA) is 95.5 Å². The molecule has 8 heteroatoms. The Labute approximate surface area is 186 Å². The molecule has 0 radical (unpaired) electrons. The highest BCUT2D eigenvalue weighted by Gasteiger charge is 2.25. The molecule has 1 N–H and O–H groups in total. The molecule has 1 fully saturated rings. The van der Waals surface area contributed by atoms with Crippen LogP contribution in [0.4, 0.5) is 0 Å². The van der Waals surface area contributed by atoms with Gasteiger partial charge in [-0.3, -0.25) is 4.79 Å². The molecule has 3 heterocycles. The van der Waals surface area contributed by atoms with E-state index < -0.39 is 0 Å². The lowest BCUT2D eigenvalue weighted by Gasteiger charge is -2.28. The SMILES string of the molecule is COc1ncc(-c2cccc3c2C[C@H](NC(=O)c2ccc(OC4CCC4)nc2)CO3)cn1. The minimum Gasteiger partial charge on any atom is -0.491 e. The van der Waals surface area contributed by atoms with Crippen LogP contribution < -0.4 is 19.5 Å². The fourth-order valence-electron chi connectivity index (χ4n) is 3.84. The number of methoxy groups -OCH3 is 1. The second-order valence-electron chi connectivity index (χ2n) is 7.98. The lowest BCUT2D eigenvalue weighted by molar-refractivity contribution is 0.0914. The first-order chi connectivity index (χ1) is 15.7. The van der Waals surface area contributed by atoms with Crippen LogP contribution in [0.15, 0.2) is 48.9 Å². The Balaban J connectivity index is 1.28. The second-order valence-corrected chi connectivity index (χ2v) is 7.98. The van der Waals surface area contributed by atoms with E-state index in [1.807, 2.05) is 18.2 Å². The van der Waals surface area contributed by atoms with Crippen molar-refractivity contribution in [1.82, 2.24) is 20.3 Å². The monoisotopic (exact) mass is 432 g/mol. The summed E-state index contributed by atoms with van der Waals surface area (Å²) in [5, 5.41) is 3.06. The predicted molar refractivity (Wildman–Crippen MR) is 117 cm³/mol. The molecule has 3 aromatic rings. The van der Waals surface area contributed by atoms with Gasteiger partial charge in [0.05, 0.1) is 18.7 Å². The highest BCUT2D eigenvalue weighted by Crippen LogP contribution is 2.34. The van der Waals surface area contributed by atoms with Crippen LogP contribution in [-0.2, 0) is 6.42 Å². The number of pyridine rings is 1. The molecule has 8 nitrogen and oxygen atoms in total. The standard InChI is InChI=1S/C24H24N4O4/c1-30-24-26-12-16(13-27-24)19-6-3-7-21-20(19)10-17(14-31-21)28-23(29)15-8-9-22(25-11-15)32-18-4-2-5-18/h3,6-9,11-13,17-18H,2,4-5,10,14H2,1H3,(H,28,29)/t17-/m0/s1. The van der Waals surface area contributed by atoms with Crippen molar-refractivity contribution in [2.24, 2.45) is 0 Å². The average molecular weight is 432 g/mol. The molecule has 164 valence electrons. The van der Waals surface area contributed by atoms with Gasteiger partial charge in [-0.25, -0.2) is 15.0 Å². The Bertz CT molecular complexity index is 1100. The van der Waals surface area contributed by atoms with Gasteiger partial charge in [-0.2, -0.15) is 0 Å². The third kappa shape index (κ3) is 4.21. The van der Waals surface area contributed by atoms with Crippen LogP contribution in [0.5, 0.6) is 17.6 Å². The third-order valence-corrected chi connectivity index (χ3v) is 5.82. The summed E-state index contributed by atoms with van der Waals surface area (Å²) in [5.74, 6) is 1.19. The number of fused-ring (bicyclic) bond motifs is 1. The molecule has 5 rings (SSSR count). The van der Waals surface area contributed by atoms with Gasteiger partial charge in [-0.15, -0.1) is 0 Å². The number of hydrogen-bond donors (Lipinski definition) is 1. The fraction of sp³-hybridized carbons (Fsp3) is 0.333. The van der Waals surface area contributed by atoms with Crippen molar-refractivity contribution in [3.8, 4) is 28.8 Å². The zero-order chi connectivity index (χ0) is 21.9. The number of nitrogens with one attached hydrogen (secondary N) is 1. The number of nitrogens with zero attached hydrogens (tertiary/aromatic N) is 3. The van der Waals surface area contributed by atoms with Gasteiger partial charge >= 0.3 is 6.01 Å². The summed E-state index contributed by atoms with van der Waals surface area (Å²) in [7, 11) is 1.53. The summed E-state index contributed by atoms with van der Waals surface area (Å²) in [6.45, 7) is 0.400. The molecule has 2 aromatic heterocycles. The predicted octanol–water partition coefficient (Wildman–Crippen LogP) is 3.21. The van der Waals surface area contributed by atoms with Gasteiger partial charge in [0.2, 0.25) is 5.88 Å². The molecule has 2 aliphatic rings. The highest BCUT2D eigenvalue weighted by atomic mass is 16.5. The number of carbonyl (C=O) groups is 1. The maximum Gasteiger partial charge on any atom is 0.316 e. The quantitative estimate of drug-likeness (QED) is 0.639. The minimum atomic E-state index is -0.185. The number of ether oxygens (including phenoxy) is 3. The van der Waals surface area contributed by atoms with Crippen LogP contribution in [0.1, 0.15) is 35.2 Å². The van der Waals surface area contributed by atoms with E-state index in [1.165, 1.54) is 13.5 Å². The molecule has 1 aliphatic carbocycles. The van der Waals surface area contributed by atoms with Gasteiger partial charge in [-0.1, -0.05) is 12.1 Å². The Morgan fingerprint density at radius 2 is 1.94 bits per heavy atom. The molecule has 0 saturated heterocycles. The van der Waals surface area contributed by atoms with E-state index in [0.29, 0.717) is 30.5 Å². The van der Waals surface area contributed by atoms with Crippen molar-refractivity contribution >= 4 is 5.91 Å². The van der Waals surface area contributed by atoms with Gasteiger partial charge in [0.25, 0.3) is 5.91 Å². The molecule has 1 atom stereocenters. The number of benzene rings is 1. The Morgan fingerprint density at radius 1 is 1.09 bits per heavy atom. The van der Waals surface area contributed by atoms with Gasteiger partial charge in [0, 0.05) is 42.2 Å². The summed E-state index contributed by atoms with van der Waals surface area (Å²) < 4.78 is 16.8. The average Bonchev–Trinajstić information content (AvgIpc) is 2.81. The molecule has 32 heavy (non-hydrogen) atoms. The van der Waals surface area contributed by atoms with Crippen molar-refractivity contribution in [3.05, 3.63) is 60.0 Å². The van der Waals surface area contributed by atoms with Crippen molar-refractivity contribution in [1.29, 1.82) is 0 Å². The first-order valence-corrected chi connectivity index (χ1v) is 10.7. The zero-order valence-corrected chi connectivity index (χ0v) is 17.8. The van der Waals surface area contributed by atoms with E-state index >= 15 is 0 Å². The molecule has 1 aliphatic heterocycles. The first-order valence-electron chi connectivity index (χ1n) is 10.7. The third-order valence-electron chi connectivity index (χ3n) is 5.82. The molecular formula is C24H24N4O4. The van der Waals surface area contributed by atoms with Gasteiger partial charge in [0.1, 0.15) is 18.5 Å². The Kier molecular flexibility index (Phi) is 5.58. The number of carbonyl (C=O) groups excluding carboxylic acids is 1. The van der Waals surface area contributed by atoms with Crippen LogP contribution in [0, 0.1) is 0 Å². The zero-order valence-electron chi connectivity index (χ0n) is 17.8. The van der Waals surface area contributed by atoms with E-state index in [-0.39, 0.29) is 18.1 Å². The Morgan fingerprint density at radius 3 is 2.62 bits per heavy atom. The van der Waals surface area contributed by atoms with Crippen LogP contribution in [0.2, 0.25) is 0 Å². The van der Waals surface area contributed by atoms with E-state index in [9.17, 15) is 4.79 Å². The lowest BCUT2D eigenvalue weighted by Crippen LogP contribution is -2.42. The van der Waals surface area contributed by atoms with Crippen molar-refractivity contribution in [2.75, 3.05) is 13.7 Å². The molecule has 0 unspecified atom stereocenters. The molecule has 1 aromatic carbocycles. The van der Waals surface area contributed by atoms with E-state index in [1.54, 1.807) is 30.7 Å². The largest absolute Gasteiger partial charge is 0.491 e. The molecule has 1 saturated carbocycles. The summed E-state index contributed by atoms with van der Waals surface area (Å²) in [4.78, 5) is 25.5. The molecular weight excluding hydrogens is 408 g/mol. The normalized spacial score (nSPS) is 17.5. The molecule has 0 spiro atoms. The summed E-state index contributed by atoms with van der Waals surface area (Å²) in [6.07, 6.45) is 9.23. The lowest BCUT2D eigenvalue weighted by atomic mass is 9.94. The summed E-state index contributed by atoms with van der Waals surface area (Å²) >= 11 is 0. The smallest absolute Gasteiger partial charge is 0.316 e. The molecule has 1 amide bonds. The fourth-order valence-corrected chi connectivity index (χ4v) is 3.84. The maximum absolute atomic E-state index is 12.8. The molecule has 0 bridgehead atoms. The van der Waals surface area contributed by atoms with Crippen molar-refractivity contribution in [2.45, 2.75) is 37.8 Å². The van der Waals surface area contributed by atoms with Crippen LogP contribution in [-0.4, -0.2) is 46.7 Å². The van der Waals surface area contributed by atoms with Gasteiger partial charge < -0.3 is 19.5 Å².